The van der Waals surface area contributed by atoms with E-state index < -0.39 is 0 Å². The predicted octanol–water partition coefficient (Wildman–Crippen LogP) is 2.61. The number of nitrogens with one attached hydrogen (secondary N) is 1. The van der Waals surface area contributed by atoms with E-state index in [2.05, 4.69) is 40.3 Å². The molecule has 0 amide bonds. The lowest BCUT2D eigenvalue weighted by atomic mass is 9.78. The number of hydrogen-bond donors (Lipinski definition) is 1. The van der Waals surface area contributed by atoms with Crippen LogP contribution in [0.25, 0.3) is 0 Å². The van der Waals surface area contributed by atoms with Gasteiger partial charge in [-0.05, 0) is 51.8 Å². The molecule has 2 fully saturated rings. The Balaban J connectivity index is 1.68. The van der Waals surface area contributed by atoms with E-state index in [9.17, 15) is 0 Å². The quantitative estimate of drug-likeness (QED) is 0.906. The SMILES string of the molecule is CN(C)CCNc1nccc(N2CCCC3CCCCC32)n1. The number of anilines is 2. The molecule has 1 saturated carbocycles. The fourth-order valence-corrected chi connectivity index (χ4v) is 3.89. The van der Waals surface area contributed by atoms with Gasteiger partial charge in [0.15, 0.2) is 0 Å². The highest BCUT2D eigenvalue weighted by Gasteiger charge is 2.33. The van der Waals surface area contributed by atoms with Gasteiger partial charge in [-0.2, -0.15) is 4.98 Å². The molecule has 2 aliphatic rings. The van der Waals surface area contributed by atoms with Crippen molar-refractivity contribution in [1.82, 2.24) is 14.9 Å². The maximum absolute atomic E-state index is 4.77. The highest BCUT2D eigenvalue weighted by molar-refractivity contribution is 5.44. The van der Waals surface area contributed by atoms with Gasteiger partial charge in [0, 0.05) is 31.9 Å². The Labute approximate surface area is 134 Å². The molecule has 1 aromatic heterocycles. The van der Waals surface area contributed by atoms with Crippen molar-refractivity contribution in [2.45, 2.75) is 44.6 Å². The van der Waals surface area contributed by atoms with Gasteiger partial charge < -0.3 is 15.1 Å². The monoisotopic (exact) mass is 303 g/mol. The van der Waals surface area contributed by atoms with Crippen molar-refractivity contribution < 1.29 is 0 Å². The van der Waals surface area contributed by atoms with E-state index in [-0.39, 0.29) is 0 Å². The summed E-state index contributed by atoms with van der Waals surface area (Å²) in [6, 6.07) is 2.78. The second-order valence-corrected chi connectivity index (χ2v) is 6.92. The Bertz CT molecular complexity index is 474. The summed E-state index contributed by atoms with van der Waals surface area (Å²) < 4.78 is 0. The van der Waals surface area contributed by atoms with Crippen LogP contribution in [0.5, 0.6) is 0 Å². The second kappa shape index (κ2) is 7.27. The average Bonchev–Trinajstić information content (AvgIpc) is 2.54. The van der Waals surface area contributed by atoms with Crippen molar-refractivity contribution in [3.63, 3.8) is 0 Å². The molecule has 2 unspecified atom stereocenters. The molecule has 2 atom stereocenters. The van der Waals surface area contributed by atoms with E-state index >= 15 is 0 Å². The van der Waals surface area contributed by atoms with Crippen LogP contribution in [-0.4, -0.2) is 54.6 Å². The third-order valence-corrected chi connectivity index (χ3v) is 5.02. The first-order chi connectivity index (χ1) is 10.7. The number of likely N-dealkylation sites (N-methyl/N-ethyl adjacent to an activating group) is 1. The van der Waals surface area contributed by atoms with E-state index in [1.165, 1.54) is 38.5 Å². The van der Waals surface area contributed by atoms with Crippen molar-refractivity contribution in [2.75, 3.05) is 43.9 Å². The molecular formula is C17H29N5. The van der Waals surface area contributed by atoms with Crippen LogP contribution in [0.15, 0.2) is 12.3 Å². The number of nitrogens with zero attached hydrogens (tertiary/aromatic N) is 4. The molecule has 1 N–H and O–H groups in total. The fourth-order valence-electron chi connectivity index (χ4n) is 3.89. The minimum absolute atomic E-state index is 0.701. The molecule has 1 saturated heterocycles. The molecule has 5 heteroatoms. The number of hydrogen-bond acceptors (Lipinski definition) is 5. The summed E-state index contributed by atoms with van der Waals surface area (Å²) in [5.74, 6) is 2.75. The van der Waals surface area contributed by atoms with E-state index in [4.69, 9.17) is 4.98 Å². The van der Waals surface area contributed by atoms with E-state index in [0.717, 1.165) is 37.3 Å². The maximum Gasteiger partial charge on any atom is 0.224 e. The van der Waals surface area contributed by atoms with Gasteiger partial charge in [0.05, 0.1) is 0 Å². The highest BCUT2D eigenvalue weighted by Crippen LogP contribution is 2.37. The van der Waals surface area contributed by atoms with Gasteiger partial charge in [0.2, 0.25) is 5.95 Å². The Morgan fingerprint density at radius 1 is 1.23 bits per heavy atom. The first kappa shape index (κ1) is 15.5. The molecule has 22 heavy (non-hydrogen) atoms. The summed E-state index contributed by atoms with van der Waals surface area (Å²) in [5, 5.41) is 3.34. The van der Waals surface area contributed by atoms with Gasteiger partial charge in [-0.1, -0.05) is 12.8 Å². The van der Waals surface area contributed by atoms with Crippen LogP contribution in [-0.2, 0) is 0 Å². The zero-order valence-electron chi connectivity index (χ0n) is 14.0. The molecule has 1 aromatic rings. The Morgan fingerprint density at radius 2 is 2.05 bits per heavy atom. The lowest BCUT2D eigenvalue weighted by molar-refractivity contribution is 0.243. The topological polar surface area (TPSA) is 44.3 Å². The largest absolute Gasteiger partial charge is 0.353 e. The Morgan fingerprint density at radius 3 is 2.91 bits per heavy atom. The van der Waals surface area contributed by atoms with Crippen LogP contribution < -0.4 is 10.2 Å². The van der Waals surface area contributed by atoms with Gasteiger partial charge in [0.25, 0.3) is 0 Å². The number of fused-ring (bicyclic) bond motifs is 1. The fraction of sp³-hybridized carbons (Fsp3) is 0.765. The zero-order chi connectivity index (χ0) is 15.4. The average molecular weight is 303 g/mol. The molecule has 5 nitrogen and oxygen atoms in total. The Kier molecular flexibility index (Phi) is 5.13. The third-order valence-electron chi connectivity index (χ3n) is 5.02. The van der Waals surface area contributed by atoms with E-state index in [0.29, 0.717) is 6.04 Å². The van der Waals surface area contributed by atoms with Crippen LogP contribution in [0.1, 0.15) is 38.5 Å². The molecule has 3 rings (SSSR count). The van der Waals surface area contributed by atoms with Gasteiger partial charge >= 0.3 is 0 Å². The lowest BCUT2D eigenvalue weighted by Gasteiger charge is -2.44. The first-order valence-corrected chi connectivity index (χ1v) is 8.72. The number of aromatic nitrogens is 2. The van der Waals surface area contributed by atoms with Gasteiger partial charge in [0.1, 0.15) is 5.82 Å². The molecule has 0 spiro atoms. The molecule has 2 heterocycles. The van der Waals surface area contributed by atoms with Crippen LogP contribution in [0.3, 0.4) is 0 Å². The van der Waals surface area contributed by atoms with Crippen molar-refractivity contribution in [1.29, 1.82) is 0 Å². The Hall–Kier alpha value is -1.36. The predicted molar refractivity (Wildman–Crippen MR) is 91.4 cm³/mol. The molecule has 122 valence electrons. The molecule has 0 bridgehead atoms. The zero-order valence-corrected chi connectivity index (χ0v) is 14.0. The van der Waals surface area contributed by atoms with Crippen molar-refractivity contribution in [2.24, 2.45) is 5.92 Å². The van der Waals surface area contributed by atoms with Crippen molar-refractivity contribution in [3.05, 3.63) is 12.3 Å². The minimum Gasteiger partial charge on any atom is -0.353 e. The summed E-state index contributed by atoms with van der Waals surface area (Å²) in [4.78, 5) is 13.8. The van der Waals surface area contributed by atoms with E-state index in [1.807, 2.05) is 6.20 Å². The summed E-state index contributed by atoms with van der Waals surface area (Å²) in [5.41, 5.74) is 0. The lowest BCUT2D eigenvalue weighted by Crippen LogP contribution is -2.47. The summed E-state index contributed by atoms with van der Waals surface area (Å²) in [6.07, 6.45) is 10.1. The molecule has 0 radical (unpaired) electrons. The summed E-state index contributed by atoms with van der Waals surface area (Å²) >= 11 is 0. The second-order valence-electron chi connectivity index (χ2n) is 6.92. The van der Waals surface area contributed by atoms with Gasteiger partial charge in [-0.15, -0.1) is 0 Å². The first-order valence-electron chi connectivity index (χ1n) is 8.72. The van der Waals surface area contributed by atoms with Gasteiger partial charge in [-0.25, -0.2) is 4.98 Å². The third kappa shape index (κ3) is 3.69. The van der Waals surface area contributed by atoms with Crippen molar-refractivity contribution in [3.8, 4) is 0 Å². The van der Waals surface area contributed by atoms with Crippen LogP contribution in [0.4, 0.5) is 11.8 Å². The summed E-state index contributed by atoms with van der Waals surface area (Å²) in [7, 11) is 4.16. The molecule has 0 aromatic carbocycles. The molecule has 1 aliphatic carbocycles. The van der Waals surface area contributed by atoms with Crippen LogP contribution in [0.2, 0.25) is 0 Å². The maximum atomic E-state index is 4.77. The smallest absolute Gasteiger partial charge is 0.224 e. The standard InChI is InChI=1S/C17H29N5/c1-21(2)13-11-19-17-18-10-9-16(20-17)22-12-5-7-14-6-3-4-8-15(14)22/h9-10,14-15H,3-8,11-13H2,1-2H3,(H,18,19,20). The highest BCUT2D eigenvalue weighted by atomic mass is 15.3. The molecular weight excluding hydrogens is 274 g/mol. The summed E-state index contributed by atoms with van der Waals surface area (Å²) in [6.45, 7) is 3.01. The number of piperidine rings is 1. The normalized spacial score (nSPS) is 25.1. The van der Waals surface area contributed by atoms with Gasteiger partial charge in [-0.3, -0.25) is 0 Å². The van der Waals surface area contributed by atoms with Crippen molar-refractivity contribution >= 4 is 11.8 Å². The molecule has 1 aliphatic heterocycles. The van der Waals surface area contributed by atoms with Crippen LogP contribution in [0, 0.1) is 5.92 Å². The number of rotatable bonds is 5. The minimum atomic E-state index is 0.701. The van der Waals surface area contributed by atoms with E-state index in [1.54, 1.807) is 0 Å². The van der Waals surface area contributed by atoms with Crippen LogP contribution >= 0.6 is 0 Å².